The summed E-state index contributed by atoms with van der Waals surface area (Å²) in [6.07, 6.45) is 3.23. The van der Waals surface area contributed by atoms with Crippen molar-refractivity contribution in [3.63, 3.8) is 0 Å². The zero-order valence-electron chi connectivity index (χ0n) is 24.0. The van der Waals surface area contributed by atoms with E-state index in [4.69, 9.17) is 36.3 Å². The Balaban J connectivity index is 1.35. The normalized spacial score (nSPS) is 13.4. The highest BCUT2D eigenvalue weighted by Gasteiger charge is 2.22. The molecule has 2 amide bonds. The van der Waals surface area contributed by atoms with Gasteiger partial charge in [-0.3, -0.25) is 24.4 Å². The largest absolute Gasteiger partial charge is 0.493 e. The molecule has 230 valence electrons. The second kappa shape index (κ2) is 14.3. The number of fused-ring (bicyclic) bond motifs is 1. The number of primary amides is 1. The molecule has 0 unspecified atom stereocenters. The maximum atomic E-state index is 13.6. The summed E-state index contributed by atoms with van der Waals surface area (Å²) in [5.41, 5.74) is 6.39. The predicted molar refractivity (Wildman–Crippen MR) is 162 cm³/mol. The molecule has 3 heterocycles. The first kappa shape index (κ1) is 30.9. The van der Waals surface area contributed by atoms with Gasteiger partial charge in [0.05, 0.1) is 44.3 Å². The molecule has 0 atom stereocenters. The average molecular weight is 624 g/mol. The number of methoxy groups -OCH3 is 1. The number of carbonyl (C=O) groups excluding carboxylic acids is 2. The molecule has 1 aliphatic rings. The van der Waals surface area contributed by atoms with Gasteiger partial charge in [-0.1, -0.05) is 11.6 Å². The van der Waals surface area contributed by atoms with E-state index in [-0.39, 0.29) is 16.6 Å². The minimum Gasteiger partial charge on any atom is -0.493 e. The summed E-state index contributed by atoms with van der Waals surface area (Å²) in [5, 5.41) is 0.718. The number of amides is 2. The molecule has 4 aromatic rings. The standard InChI is InChI=1S/C31H31ClFN5O6/c1-41-27-16-23-25(17-28(27)43-12-2-9-37-10-13-42-14-11-37)35-8-7-26(23)44-31-24(32)15-22(19-36-31)38(30(40)18-29(34)39)21-5-3-20(33)4-6-21/h3-8,15-17,19H,2,9-14,18H2,1H3,(H2,34,39). The number of rotatable bonds is 12. The van der Waals surface area contributed by atoms with Crippen LogP contribution in [0.3, 0.4) is 0 Å². The zero-order valence-corrected chi connectivity index (χ0v) is 24.8. The summed E-state index contributed by atoms with van der Waals surface area (Å²) >= 11 is 6.56. The molecule has 2 aromatic heterocycles. The van der Waals surface area contributed by atoms with Crippen LogP contribution in [0.5, 0.6) is 23.1 Å². The molecule has 1 fully saturated rings. The summed E-state index contributed by atoms with van der Waals surface area (Å²) in [7, 11) is 1.56. The first-order chi connectivity index (χ1) is 21.3. The van der Waals surface area contributed by atoms with Crippen LogP contribution in [0.1, 0.15) is 12.8 Å². The third-order valence-corrected chi connectivity index (χ3v) is 7.16. The molecule has 0 saturated carbocycles. The predicted octanol–water partition coefficient (Wildman–Crippen LogP) is 4.86. The maximum Gasteiger partial charge on any atom is 0.241 e. The number of nitrogens with two attached hydrogens (primary N) is 1. The summed E-state index contributed by atoms with van der Waals surface area (Å²) < 4.78 is 36.7. The highest BCUT2D eigenvalue weighted by Crippen LogP contribution is 2.39. The number of anilines is 2. The van der Waals surface area contributed by atoms with Crippen molar-refractivity contribution in [1.82, 2.24) is 14.9 Å². The second-order valence-electron chi connectivity index (χ2n) is 9.92. The highest BCUT2D eigenvalue weighted by molar-refractivity contribution is 6.32. The molecule has 13 heteroatoms. The summed E-state index contributed by atoms with van der Waals surface area (Å²) in [6.45, 7) is 4.79. The first-order valence-corrected chi connectivity index (χ1v) is 14.3. The van der Waals surface area contributed by atoms with E-state index in [1.165, 1.54) is 41.4 Å². The molecule has 0 bridgehead atoms. The van der Waals surface area contributed by atoms with Gasteiger partial charge in [-0.05, 0) is 48.9 Å². The Kier molecular flexibility index (Phi) is 10.1. The number of aromatic nitrogens is 2. The number of ether oxygens (including phenoxy) is 4. The van der Waals surface area contributed by atoms with Crippen LogP contribution in [-0.4, -0.2) is 73.2 Å². The van der Waals surface area contributed by atoms with Gasteiger partial charge < -0.3 is 24.7 Å². The van der Waals surface area contributed by atoms with Crippen LogP contribution in [-0.2, 0) is 14.3 Å². The lowest BCUT2D eigenvalue weighted by Crippen LogP contribution is -2.37. The van der Waals surface area contributed by atoms with Gasteiger partial charge in [0.15, 0.2) is 11.5 Å². The minimum absolute atomic E-state index is 0.0618. The van der Waals surface area contributed by atoms with Crippen LogP contribution in [0.15, 0.2) is 60.9 Å². The maximum absolute atomic E-state index is 13.6. The third-order valence-electron chi connectivity index (χ3n) is 6.88. The molecular formula is C31H31ClFN5O6. The molecule has 2 N–H and O–H groups in total. The van der Waals surface area contributed by atoms with Crippen LogP contribution in [0.25, 0.3) is 10.9 Å². The smallest absolute Gasteiger partial charge is 0.241 e. The Morgan fingerprint density at radius 2 is 1.82 bits per heavy atom. The van der Waals surface area contributed by atoms with Gasteiger partial charge in [-0.25, -0.2) is 9.37 Å². The molecular weight excluding hydrogens is 593 g/mol. The van der Waals surface area contributed by atoms with Crippen molar-refractivity contribution in [3.05, 3.63) is 71.8 Å². The summed E-state index contributed by atoms with van der Waals surface area (Å²) in [5.74, 6) is -0.391. The lowest BCUT2D eigenvalue weighted by atomic mass is 10.2. The Morgan fingerprint density at radius 1 is 1.05 bits per heavy atom. The van der Waals surface area contributed by atoms with Crippen LogP contribution < -0.4 is 24.8 Å². The van der Waals surface area contributed by atoms with Gasteiger partial charge >= 0.3 is 0 Å². The monoisotopic (exact) mass is 623 g/mol. The number of hydrogen-bond donors (Lipinski definition) is 1. The number of halogens is 2. The molecule has 1 saturated heterocycles. The van der Waals surface area contributed by atoms with E-state index in [9.17, 15) is 14.0 Å². The summed E-state index contributed by atoms with van der Waals surface area (Å²) in [4.78, 5) is 36.7. The van der Waals surface area contributed by atoms with E-state index < -0.39 is 24.1 Å². The van der Waals surface area contributed by atoms with Gasteiger partial charge in [0.1, 0.15) is 23.0 Å². The summed E-state index contributed by atoms with van der Waals surface area (Å²) in [6, 6.07) is 11.9. The number of hydrogen-bond acceptors (Lipinski definition) is 9. The second-order valence-corrected chi connectivity index (χ2v) is 10.3. The Bertz CT molecular complexity index is 1630. The van der Waals surface area contributed by atoms with Gasteiger partial charge in [-0.15, -0.1) is 0 Å². The van der Waals surface area contributed by atoms with E-state index >= 15 is 0 Å². The number of morpholine rings is 1. The van der Waals surface area contributed by atoms with E-state index in [0.717, 1.165) is 39.3 Å². The van der Waals surface area contributed by atoms with Crippen molar-refractivity contribution in [2.45, 2.75) is 12.8 Å². The fourth-order valence-electron chi connectivity index (χ4n) is 4.76. The van der Waals surface area contributed by atoms with E-state index in [2.05, 4.69) is 14.9 Å². The molecule has 0 aliphatic carbocycles. The minimum atomic E-state index is -0.817. The van der Waals surface area contributed by atoms with Crippen LogP contribution in [0, 0.1) is 5.82 Å². The van der Waals surface area contributed by atoms with Crippen molar-refractivity contribution in [1.29, 1.82) is 0 Å². The SMILES string of the molecule is COc1cc2c(Oc3ncc(N(C(=O)CC(N)=O)c4ccc(F)cc4)cc3Cl)ccnc2cc1OCCCN1CCOCC1. The molecule has 11 nitrogen and oxygen atoms in total. The number of pyridine rings is 2. The van der Waals surface area contributed by atoms with E-state index in [1.54, 1.807) is 31.5 Å². The Morgan fingerprint density at radius 3 is 2.52 bits per heavy atom. The van der Waals surface area contributed by atoms with Crippen molar-refractivity contribution < 1.29 is 32.9 Å². The van der Waals surface area contributed by atoms with Crippen molar-refractivity contribution in [2.24, 2.45) is 5.73 Å². The van der Waals surface area contributed by atoms with Gasteiger partial charge in [0.2, 0.25) is 17.7 Å². The van der Waals surface area contributed by atoms with E-state index in [1.807, 2.05) is 0 Å². The van der Waals surface area contributed by atoms with Crippen molar-refractivity contribution in [2.75, 3.05) is 51.5 Å². The molecule has 1 aliphatic heterocycles. The van der Waals surface area contributed by atoms with Crippen LogP contribution >= 0.6 is 11.6 Å². The lowest BCUT2D eigenvalue weighted by Gasteiger charge is -2.26. The molecule has 2 aromatic carbocycles. The quantitative estimate of drug-likeness (QED) is 0.174. The van der Waals surface area contributed by atoms with Crippen molar-refractivity contribution in [3.8, 4) is 23.1 Å². The van der Waals surface area contributed by atoms with E-state index in [0.29, 0.717) is 40.4 Å². The molecule has 5 rings (SSSR count). The lowest BCUT2D eigenvalue weighted by molar-refractivity contribution is -0.125. The average Bonchev–Trinajstić information content (AvgIpc) is 3.01. The fraction of sp³-hybridized carbons (Fsp3) is 0.290. The van der Waals surface area contributed by atoms with Gasteiger partial charge in [0.25, 0.3) is 0 Å². The number of carbonyl (C=O) groups is 2. The third kappa shape index (κ3) is 7.51. The molecule has 0 radical (unpaired) electrons. The molecule has 0 spiro atoms. The highest BCUT2D eigenvalue weighted by atomic mass is 35.5. The Labute approximate surface area is 258 Å². The van der Waals surface area contributed by atoms with Crippen molar-refractivity contribution >= 4 is 45.7 Å². The first-order valence-electron chi connectivity index (χ1n) is 13.9. The van der Waals surface area contributed by atoms with Crippen LogP contribution in [0.4, 0.5) is 15.8 Å². The number of benzene rings is 2. The topological polar surface area (TPSA) is 129 Å². The number of nitrogens with zero attached hydrogens (tertiary/aromatic N) is 4. The van der Waals surface area contributed by atoms with Gasteiger partial charge in [-0.2, -0.15) is 0 Å². The fourth-order valence-corrected chi connectivity index (χ4v) is 4.96. The molecule has 44 heavy (non-hydrogen) atoms. The van der Waals surface area contributed by atoms with Crippen LogP contribution in [0.2, 0.25) is 5.02 Å². The Hall–Kier alpha value is -4.52. The zero-order chi connectivity index (χ0) is 31.1. The van der Waals surface area contributed by atoms with Gasteiger partial charge in [0, 0.05) is 43.0 Å².